The molecule has 0 N–H and O–H groups in total. The van der Waals surface area contributed by atoms with Crippen LogP contribution in [0.5, 0.6) is 11.5 Å². The molecule has 2 aliphatic rings. The van der Waals surface area contributed by atoms with E-state index in [1.165, 1.54) is 22.5 Å². The molecule has 9 heteroatoms. The summed E-state index contributed by atoms with van der Waals surface area (Å²) < 4.78 is 50.9. The molecule has 2 heterocycles. The minimum Gasteiger partial charge on any atom is -0.454 e. The maximum absolute atomic E-state index is 13.9. The largest absolute Gasteiger partial charge is 0.454 e. The summed E-state index contributed by atoms with van der Waals surface area (Å²) in [6.45, 7) is 0.779. The molecule has 0 saturated carbocycles. The van der Waals surface area contributed by atoms with Crippen LogP contribution in [0.3, 0.4) is 0 Å². The second kappa shape index (κ2) is 6.82. The minimum absolute atomic E-state index is 0.104. The molecule has 2 aliphatic heterocycles. The highest BCUT2D eigenvalue weighted by Gasteiger charge is 2.32. The second-order valence-electron chi connectivity index (χ2n) is 6.19. The van der Waals surface area contributed by atoms with E-state index in [1.54, 1.807) is 23.1 Å². The Labute approximate surface area is 156 Å². The second-order valence-corrected chi connectivity index (χ2v) is 8.10. The van der Waals surface area contributed by atoms with E-state index < -0.39 is 15.8 Å². The average Bonchev–Trinajstić information content (AvgIpc) is 3.15. The number of piperazine rings is 1. The van der Waals surface area contributed by atoms with Crippen LogP contribution in [0.25, 0.3) is 0 Å². The van der Waals surface area contributed by atoms with Crippen molar-refractivity contribution in [2.24, 2.45) is 0 Å². The molecule has 2 aromatic carbocycles. The molecule has 1 saturated heterocycles. The number of hydrogen-bond donors (Lipinski definition) is 0. The summed E-state index contributed by atoms with van der Waals surface area (Å²) in [6, 6.07) is 10.2. The Morgan fingerprint density at radius 1 is 0.963 bits per heavy atom. The first-order chi connectivity index (χ1) is 13.0. The molecule has 0 atom stereocenters. The number of ether oxygens (including phenoxy) is 2. The van der Waals surface area contributed by atoms with Gasteiger partial charge in [0.2, 0.25) is 16.8 Å². The van der Waals surface area contributed by atoms with Gasteiger partial charge in [-0.3, -0.25) is 4.79 Å². The highest BCUT2D eigenvalue weighted by atomic mass is 32.2. The number of hydrogen-bond acceptors (Lipinski definition) is 5. The standard InChI is InChI=1S/C18H17FN2O5S/c19-14-3-1-2-4-17(14)27(23,24)21-9-7-20(8-10-21)18(22)13-5-6-15-16(11-13)26-12-25-15/h1-6,11H,7-10,12H2. The van der Waals surface area contributed by atoms with Crippen LogP contribution in [-0.2, 0) is 10.0 Å². The lowest BCUT2D eigenvalue weighted by Crippen LogP contribution is -2.50. The van der Waals surface area contributed by atoms with Gasteiger partial charge in [-0.15, -0.1) is 0 Å². The van der Waals surface area contributed by atoms with E-state index in [1.807, 2.05) is 0 Å². The van der Waals surface area contributed by atoms with E-state index in [4.69, 9.17) is 9.47 Å². The molecule has 0 aliphatic carbocycles. The van der Waals surface area contributed by atoms with Crippen LogP contribution in [0, 0.1) is 5.82 Å². The molecular formula is C18H17FN2O5S. The van der Waals surface area contributed by atoms with Gasteiger partial charge in [-0.1, -0.05) is 12.1 Å². The van der Waals surface area contributed by atoms with Crippen molar-refractivity contribution in [1.29, 1.82) is 0 Å². The Morgan fingerprint density at radius 2 is 1.67 bits per heavy atom. The van der Waals surface area contributed by atoms with Crippen LogP contribution in [0.15, 0.2) is 47.4 Å². The summed E-state index contributed by atoms with van der Waals surface area (Å²) in [5, 5.41) is 0. The molecule has 27 heavy (non-hydrogen) atoms. The number of benzene rings is 2. The lowest BCUT2D eigenvalue weighted by Gasteiger charge is -2.34. The minimum atomic E-state index is -3.93. The van der Waals surface area contributed by atoms with E-state index in [9.17, 15) is 17.6 Å². The summed E-state index contributed by atoms with van der Waals surface area (Å²) in [4.78, 5) is 13.9. The summed E-state index contributed by atoms with van der Waals surface area (Å²) >= 11 is 0. The first-order valence-corrected chi connectivity index (χ1v) is 9.84. The first kappa shape index (κ1) is 17.7. The predicted molar refractivity (Wildman–Crippen MR) is 93.6 cm³/mol. The van der Waals surface area contributed by atoms with Crippen LogP contribution in [0.2, 0.25) is 0 Å². The number of carbonyl (C=O) groups is 1. The van der Waals surface area contributed by atoms with Crippen LogP contribution in [0.4, 0.5) is 4.39 Å². The van der Waals surface area contributed by atoms with Crippen molar-refractivity contribution in [2.75, 3.05) is 33.0 Å². The van der Waals surface area contributed by atoms with Crippen LogP contribution >= 0.6 is 0 Å². The van der Waals surface area contributed by atoms with Gasteiger partial charge in [-0.25, -0.2) is 12.8 Å². The van der Waals surface area contributed by atoms with Gasteiger partial charge in [0.25, 0.3) is 5.91 Å². The molecule has 1 amide bonds. The van der Waals surface area contributed by atoms with Crippen molar-refractivity contribution >= 4 is 15.9 Å². The summed E-state index contributed by atoms with van der Waals surface area (Å²) in [5.41, 5.74) is 0.449. The van der Waals surface area contributed by atoms with Crippen molar-refractivity contribution < 1.29 is 27.1 Å². The van der Waals surface area contributed by atoms with Gasteiger partial charge in [-0.2, -0.15) is 4.31 Å². The quantitative estimate of drug-likeness (QED) is 0.795. The molecule has 7 nitrogen and oxygen atoms in total. The third kappa shape index (κ3) is 3.24. The molecule has 0 unspecified atom stereocenters. The van der Waals surface area contributed by atoms with E-state index in [-0.39, 0.29) is 43.8 Å². The van der Waals surface area contributed by atoms with E-state index in [0.29, 0.717) is 17.1 Å². The Morgan fingerprint density at radius 3 is 2.41 bits per heavy atom. The molecule has 2 aromatic rings. The lowest BCUT2D eigenvalue weighted by molar-refractivity contribution is 0.0697. The van der Waals surface area contributed by atoms with Gasteiger partial charge >= 0.3 is 0 Å². The average molecular weight is 392 g/mol. The maximum Gasteiger partial charge on any atom is 0.254 e. The van der Waals surface area contributed by atoms with Crippen LogP contribution in [-0.4, -0.2) is 56.5 Å². The molecule has 4 rings (SSSR count). The zero-order chi connectivity index (χ0) is 19.0. The van der Waals surface area contributed by atoms with E-state index in [0.717, 1.165) is 6.07 Å². The van der Waals surface area contributed by atoms with Gasteiger partial charge < -0.3 is 14.4 Å². The topological polar surface area (TPSA) is 76.2 Å². The molecule has 142 valence electrons. The fraction of sp³-hybridized carbons (Fsp3) is 0.278. The number of amides is 1. The monoisotopic (exact) mass is 392 g/mol. The fourth-order valence-electron chi connectivity index (χ4n) is 3.14. The lowest BCUT2D eigenvalue weighted by atomic mass is 10.1. The zero-order valence-electron chi connectivity index (χ0n) is 14.3. The SMILES string of the molecule is O=C(c1ccc2c(c1)OCO2)N1CCN(S(=O)(=O)c2ccccc2F)CC1. The number of rotatable bonds is 3. The zero-order valence-corrected chi connectivity index (χ0v) is 15.1. The Bertz CT molecular complexity index is 987. The van der Waals surface area contributed by atoms with Gasteiger partial charge in [0.1, 0.15) is 10.7 Å². The molecule has 0 bridgehead atoms. The van der Waals surface area contributed by atoms with Gasteiger partial charge in [-0.05, 0) is 30.3 Å². The molecular weight excluding hydrogens is 375 g/mol. The number of sulfonamides is 1. The Balaban J connectivity index is 1.46. The predicted octanol–water partition coefficient (Wildman–Crippen LogP) is 1.70. The number of fused-ring (bicyclic) bond motifs is 1. The molecule has 0 aromatic heterocycles. The smallest absolute Gasteiger partial charge is 0.254 e. The maximum atomic E-state index is 13.9. The van der Waals surface area contributed by atoms with Crippen LogP contribution < -0.4 is 9.47 Å². The Kier molecular flexibility index (Phi) is 4.48. The van der Waals surface area contributed by atoms with Crippen molar-refractivity contribution in [1.82, 2.24) is 9.21 Å². The van der Waals surface area contributed by atoms with Gasteiger partial charge in [0, 0.05) is 31.7 Å². The van der Waals surface area contributed by atoms with Crippen LogP contribution in [0.1, 0.15) is 10.4 Å². The van der Waals surface area contributed by atoms with Crippen molar-refractivity contribution in [3.8, 4) is 11.5 Å². The van der Waals surface area contributed by atoms with E-state index >= 15 is 0 Å². The van der Waals surface area contributed by atoms with Crippen molar-refractivity contribution in [3.05, 3.63) is 53.8 Å². The summed E-state index contributed by atoms with van der Waals surface area (Å²) in [6.07, 6.45) is 0. The number of carbonyl (C=O) groups excluding carboxylic acids is 1. The normalized spacial score (nSPS) is 17.1. The Hall–Kier alpha value is -2.65. The van der Waals surface area contributed by atoms with Gasteiger partial charge in [0.05, 0.1) is 0 Å². The molecule has 0 spiro atoms. The third-order valence-corrected chi connectivity index (χ3v) is 6.53. The van der Waals surface area contributed by atoms with Crippen molar-refractivity contribution in [3.63, 3.8) is 0 Å². The third-order valence-electron chi connectivity index (χ3n) is 4.60. The molecule has 1 fully saturated rings. The highest BCUT2D eigenvalue weighted by Crippen LogP contribution is 2.33. The first-order valence-electron chi connectivity index (χ1n) is 8.40. The van der Waals surface area contributed by atoms with E-state index in [2.05, 4.69) is 0 Å². The van der Waals surface area contributed by atoms with Crippen molar-refractivity contribution in [2.45, 2.75) is 4.90 Å². The summed E-state index contributed by atoms with van der Waals surface area (Å²) in [5.74, 6) is 0.113. The van der Waals surface area contributed by atoms with Gasteiger partial charge in [0.15, 0.2) is 11.5 Å². The summed E-state index contributed by atoms with van der Waals surface area (Å²) in [7, 11) is -3.93. The number of halogens is 1. The highest BCUT2D eigenvalue weighted by molar-refractivity contribution is 7.89. The fourth-order valence-corrected chi connectivity index (χ4v) is 4.62. The molecule has 0 radical (unpaired) electrons. The number of nitrogens with zero attached hydrogens (tertiary/aromatic N) is 2.